The molecule has 0 heterocycles. The van der Waals surface area contributed by atoms with E-state index >= 15 is 0 Å². The SMILES string of the molecule is CCOC(=O)c1cc(I)c(N/N=C(\C#N)C(=N)N)c(I)c1. The number of rotatable bonds is 5. The zero-order valence-corrected chi connectivity index (χ0v) is 15.2. The standard InChI is InChI=1S/C12H11I2N5O2/c1-2-21-12(20)6-3-7(13)10(8(14)4-6)19-18-9(5-15)11(16)17/h3-4,19H,2H2,1H3,(H3,16,17)/b18-9+. The number of carbonyl (C=O) groups is 1. The van der Waals surface area contributed by atoms with Crippen LogP contribution in [0.1, 0.15) is 17.3 Å². The third-order valence-corrected chi connectivity index (χ3v) is 3.90. The predicted octanol–water partition coefficient (Wildman–Crippen LogP) is 2.30. The van der Waals surface area contributed by atoms with Crippen molar-refractivity contribution in [1.82, 2.24) is 0 Å². The largest absolute Gasteiger partial charge is 0.462 e. The molecule has 1 aromatic rings. The molecule has 4 N–H and O–H groups in total. The first kappa shape index (κ1) is 17.6. The van der Waals surface area contributed by atoms with Crippen molar-refractivity contribution in [2.75, 3.05) is 12.0 Å². The van der Waals surface area contributed by atoms with Crippen molar-refractivity contribution in [2.24, 2.45) is 10.8 Å². The molecule has 0 spiro atoms. The Kier molecular flexibility index (Phi) is 6.82. The Balaban J connectivity index is 3.09. The Labute approximate surface area is 148 Å². The summed E-state index contributed by atoms with van der Waals surface area (Å²) in [5.74, 6) is -0.817. The van der Waals surface area contributed by atoms with Crippen molar-refractivity contribution < 1.29 is 9.53 Å². The molecular formula is C12H11I2N5O2. The first-order valence-electron chi connectivity index (χ1n) is 5.65. The Bertz CT molecular complexity index is 629. The zero-order chi connectivity index (χ0) is 16.0. The minimum Gasteiger partial charge on any atom is -0.462 e. The van der Waals surface area contributed by atoms with Gasteiger partial charge in [-0.25, -0.2) is 4.79 Å². The number of nitrogens with one attached hydrogen (secondary N) is 2. The van der Waals surface area contributed by atoms with Crippen LogP contribution in [0.5, 0.6) is 0 Å². The number of esters is 1. The summed E-state index contributed by atoms with van der Waals surface area (Å²) in [7, 11) is 0. The molecular weight excluding hydrogens is 500 g/mol. The van der Waals surface area contributed by atoms with Crippen molar-refractivity contribution >= 4 is 68.4 Å². The van der Waals surface area contributed by atoms with E-state index < -0.39 is 11.8 Å². The van der Waals surface area contributed by atoms with Crippen molar-refractivity contribution in [2.45, 2.75) is 6.92 Å². The minimum absolute atomic E-state index is 0.212. The minimum atomic E-state index is -0.418. The molecule has 0 radical (unpaired) electrons. The fourth-order valence-electron chi connectivity index (χ4n) is 1.27. The van der Waals surface area contributed by atoms with Crippen LogP contribution in [-0.4, -0.2) is 24.1 Å². The molecule has 0 aliphatic rings. The maximum atomic E-state index is 11.7. The molecule has 21 heavy (non-hydrogen) atoms. The zero-order valence-electron chi connectivity index (χ0n) is 10.9. The molecule has 110 valence electrons. The molecule has 0 aliphatic heterocycles. The number of hydrogen-bond donors (Lipinski definition) is 3. The third-order valence-electron chi connectivity index (χ3n) is 2.19. The van der Waals surface area contributed by atoms with Gasteiger partial charge in [0.1, 0.15) is 6.07 Å². The van der Waals surface area contributed by atoms with Crippen molar-refractivity contribution in [1.29, 1.82) is 10.7 Å². The quantitative estimate of drug-likeness (QED) is 0.184. The molecule has 0 fully saturated rings. The molecule has 0 aliphatic carbocycles. The van der Waals surface area contributed by atoms with Gasteiger partial charge in [-0.15, -0.1) is 0 Å². The van der Waals surface area contributed by atoms with Gasteiger partial charge in [-0.2, -0.15) is 10.4 Å². The second-order valence-corrected chi connectivity index (χ2v) is 5.96. The lowest BCUT2D eigenvalue weighted by Crippen LogP contribution is -2.22. The van der Waals surface area contributed by atoms with Crippen LogP contribution in [0.25, 0.3) is 0 Å². The predicted molar refractivity (Wildman–Crippen MR) is 96.4 cm³/mol. The summed E-state index contributed by atoms with van der Waals surface area (Å²) in [6.45, 7) is 2.05. The number of hydrogen-bond acceptors (Lipinski definition) is 6. The summed E-state index contributed by atoms with van der Waals surface area (Å²) in [6, 6.07) is 5.02. The second-order valence-electron chi connectivity index (χ2n) is 3.63. The van der Waals surface area contributed by atoms with E-state index in [0.29, 0.717) is 17.9 Å². The van der Waals surface area contributed by atoms with E-state index in [9.17, 15) is 4.79 Å². The van der Waals surface area contributed by atoms with Crippen LogP contribution in [0.4, 0.5) is 5.69 Å². The summed E-state index contributed by atoms with van der Waals surface area (Å²) in [5.41, 5.74) is 8.75. The average Bonchev–Trinajstić information content (AvgIpc) is 2.41. The van der Waals surface area contributed by atoms with Gasteiger partial charge in [-0.05, 0) is 64.2 Å². The number of nitriles is 1. The van der Waals surface area contributed by atoms with E-state index in [-0.39, 0.29) is 5.71 Å². The summed E-state index contributed by atoms with van der Waals surface area (Å²) < 4.78 is 6.40. The van der Waals surface area contributed by atoms with Crippen LogP contribution < -0.4 is 11.2 Å². The molecule has 0 unspecified atom stereocenters. The van der Waals surface area contributed by atoms with E-state index in [2.05, 4.69) is 10.5 Å². The van der Waals surface area contributed by atoms with Crippen LogP contribution in [0.15, 0.2) is 17.2 Å². The second kappa shape index (κ2) is 8.13. The molecule has 0 atom stereocenters. The Morgan fingerprint density at radius 3 is 2.52 bits per heavy atom. The highest BCUT2D eigenvalue weighted by atomic mass is 127. The Morgan fingerprint density at radius 1 is 1.52 bits per heavy atom. The fraction of sp³-hybridized carbons (Fsp3) is 0.167. The number of amidine groups is 1. The molecule has 0 amide bonds. The lowest BCUT2D eigenvalue weighted by Gasteiger charge is -2.09. The molecule has 1 aromatic carbocycles. The first-order valence-corrected chi connectivity index (χ1v) is 7.80. The van der Waals surface area contributed by atoms with E-state index in [4.69, 9.17) is 21.1 Å². The number of benzene rings is 1. The number of ether oxygens (including phenoxy) is 1. The van der Waals surface area contributed by atoms with Gasteiger partial charge < -0.3 is 10.5 Å². The van der Waals surface area contributed by atoms with Gasteiger partial charge in [0.2, 0.25) is 5.71 Å². The highest BCUT2D eigenvalue weighted by molar-refractivity contribution is 14.1. The number of anilines is 1. The van der Waals surface area contributed by atoms with E-state index in [1.807, 2.05) is 45.2 Å². The lowest BCUT2D eigenvalue weighted by atomic mass is 10.2. The molecule has 7 nitrogen and oxygen atoms in total. The van der Waals surface area contributed by atoms with E-state index in [1.54, 1.807) is 25.1 Å². The molecule has 0 saturated carbocycles. The van der Waals surface area contributed by atoms with Gasteiger partial charge in [0.25, 0.3) is 0 Å². The van der Waals surface area contributed by atoms with Crippen molar-refractivity contribution in [3.63, 3.8) is 0 Å². The highest BCUT2D eigenvalue weighted by Crippen LogP contribution is 2.27. The van der Waals surface area contributed by atoms with E-state index in [0.717, 1.165) is 7.14 Å². The Morgan fingerprint density at radius 2 is 2.10 bits per heavy atom. The highest BCUT2D eigenvalue weighted by Gasteiger charge is 2.13. The number of carbonyl (C=O) groups excluding carboxylic acids is 1. The summed E-state index contributed by atoms with van der Waals surface area (Å²) in [6.07, 6.45) is 0. The van der Waals surface area contributed by atoms with Crippen LogP contribution in [0.3, 0.4) is 0 Å². The summed E-state index contributed by atoms with van der Waals surface area (Å²) in [4.78, 5) is 11.7. The maximum absolute atomic E-state index is 11.7. The van der Waals surface area contributed by atoms with E-state index in [1.165, 1.54) is 0 Å². The first-order chi connectivity index (χ1) is 9.90. The fourth-order valence-corrected chi connectivity index (χ4v) is 3.28. The van der Waals surface area contributed by atoms with Gasteiger partial charge in [-0.1, -0.05) is 0 Å². The normalized spacial score (nSPS) is 10.7. The third kappa shape index (κ3) is 4.81. The van der Waals surface area contributed by atoms with Crippen molar-refractivity contribution in [3.8, 4) is 6.07 Å². The van der Waals surface area contributed by atoms with Gasteiger partial charge in [-0.3, -0.25) is 10.8 Å². The molecule has 1 rings (SSSR count). The van der Waals surface area contributed by atoms with Crippen molar-refractivity contribution in [3.05, 3.63) is 24.8 Å². The smallest absolute Gasteiger partial charge is 0.338 e. The topological polar surface area (TPSA) is 124 Å². The van der Waals surface area contributed by atoms with Gasteiger partial charge in [0.15, 0.2) is 5.84 Å². The summed E-state index contributed by atoms with van der Waals surface area (Å²) in [5, 5.41) is 19.7. The Hall–Kier alpha value is -1.42. The monoisotopic (exact) mass is 511 g/mol. The molecule has 0 aromatic heterocycles. The maximum Gasteiger partial charge on any atom is 0.338 e. The number of nitrogens with two attached hydrogens (primary N) is 1. The molecule has 9 heteroatoms. The number of hydrazone groups is 1. The van der Waals surface area contributed by atoms with Crippen LogP contribution >= 0.6 is 45.2 Å². The van der Waals surface area contributed by atoms with Crippen LogP contribution in [0, 0.1) is 23.9 Å². The number of nitrogens with zero attached hydrogens (tertiary/aromatic N) is 2. The lowest BCUT2D eigenvalue weighted by molar-refractivity contribution is 0.0526. The van der Waals surface area contributed by atoms with Crippen LogP contribution in [0.2, 0.25) is 0 Å². The molecule has 0 saturated heterocycles. The number of halogens is 2. The average molecular weight is 511 g/mol. The van der Waals surface area contributed by atoms with Gasteiger partial charge >= 0.3 is 5.97 Å². The van der Waals surface area contributed by atoms with Gasteiger partial charge in [0, 0.05) is 7.14 Å². The molecule has 0 bridgehead atoms. The summed E-state index contributed by atoms with van der Waals surface area (Å²) >= 11 is 4.07. The van der Waals surface area contributed by atoms with Crippen LogP contribution in [-0.2, 0) is 4.74 Å². The van der Waals surface area contributed by atoms with Gasteiger partial charge in [0.05, 0.1) is 17.9 Å².